The van der Waals surface area contributed by atoms with Crippen LogP contribution >= 0.6 is 0 Å². The van der Waals surface area contributed by atoms with Gasteiger partial charge in [-0.05, 0) is 38.1 Å². The van der Waals surface area contributed by atoms with E-state index in [0.717, 1.165) is 10.7 Å². The Morgan fingerprint density at radius 3 is 2.67 bits per heavy atom. The number of urea groups is 1. The number of benzene rings is 1. The number of hydrogen-bond donors (Lipinski definition) is 3. The molecule has 0 saturated heterocycles. The molecule has 0 atom stereocenters. The highest BCUT2D eigenvalue weighted by Gasteiger charge is 2.18. The van der Waals surface area contributed by atoms with Crippen molar-refractivity contribution in [2.45, 2.75) is 20.5 Å². The molecule has 0 saturated carbocycles. The molecule has 128 valence electrons. The van der Waals surface area contributed by atoms with Crippen LogP contribution in [0.25, 0.3) is 0 Å². The van der Waals surface area contributed by atoms with Gasteiger partial charge in [-0.2, -0.15) is 0 Å². The summed E-state index contributed by atoms with van der Waals surface area (Å²) in [6.07, 6.45) is 1.69. The van der Waals surface area contributed by atoms with E-state index in [9.17, 15) is 4.79 Å². The molecule has 2 amide bonds. The normalized spacial score (nSPS) is 10.2. The van der Waals surface area contributed by atoms with Crippen molar-refractivity contribution in [1.82, 2.24) is 10.4 Å². The minimum atomic E-state index is -0.651. The molecule has 0 radical (unpaired) electrons. The van der Waals surface area contributed by atoms with Gasteiger partial charge in [0.1, 0.15) is 18.1 Å². The van der Waals surface area contributed by atoms with E-state index in [-0.39, 0.29) is 6.61 Å². The van der Waals surface area contributed by atoms with Gasteiger partial charge in [0.05, 0.1) is 23.6 Å². The van der Waals surface area contributed by atoms with Crippen molar-refractivity contribution in [3.8, 4) is 11.5 Å². The van der Waals surface area contributed by atoms with Crippen molar-refractivity contribution in [2.75, 3.05) is 11.6 Å². The molecule has 0 unspecified atom stereocenters. The lowest BCUT2D eigenvalue weighted by atomic mass is 10.1. The van der Waals surface area contributed by atoms with Gasteiger partial charge < -0.3 is 9.47 Å². The molecule has 1 aromatic carbocycles. The Morgan fingerprint density at radius 2 is 2.00 bits per heavy atom. The summed E-state index contributed by atoms with van der Waals surface area (Å²) in [5.41, 5.74) is 3.83. The number of nitrogens with one attached hydrogen (secondary N) is 1. The van der Waals surface area contributed by atoms with Crippen LogP contribution in [0, 0.1) is 6.92 Å². The first kappa shape index (κ1) is 17.5. The summed E-state index contributed by atoms with van der Waals surface area (Å²) >= 11 is 0. The van der Waals surface area contributed by atoms with Crippen LogP contribution in [0.1, 0.15) is 18.2 Å². The number of pyridine rings is 1. The molecule has 1 aromatic heterocycles. The Morgan fingerprint density at radius 1 is 1.25 bits per heavy atom. The molecule has 5 N–H and O–H groups in total. The zero-order chi connectivity index (χ0) is 17.5. The molecular formula is C16H21N5O3. The second kappa shape index (κ2) is 8.14. The number of ether oxygens (including phenoxy) is 2. The van der Waals surface area contributed by atoms with Gasteiger partial charge in [-0.1, -0.05) is 6.07 Å². The van der Waals surface area contributed by atoms with Gasteiger partial charge in [0.25, 0.3) is 0 Å². The molecule has 0 aliphatic heterocycles. The molecule has 0 aliphatic carbocycles. The average molecular weight is 331 g/mol. The zero-order valence-electron chi connectivity index (χ0n) is 13.7. The maximum absolute atomic E-state index is 11.7. The Bertz CT molecular complexity index is 708. The summed E-state index contributed by atoms with van der Waals surface area (Å²) in [6, 6.07) is 8.17. The number of rotatable bonds is 6. The van der Waals surface area contributed by atoms with Gasteiger partial charge in [-0.15, -0.1) is 0 Å². The van der Waals surface area contributed by atoms with Crippen molar-refractivity contribution >= 4 is 11.7 Å². The SMILES string of the molecule is CCOc1cccc(N(N)C(=O)NN)c1COc1cccnc1C. The lowest BCUT2D eigenvalue weighted by Crippen LogP contribution is -2.48. The number of carbonyl (C=O) groups excluding carboxylic acids is 1. The number of nitrogens with zero attached hydrogens (tertiary/aromatic N) is 2. The maximum atomic E-state index is 11.7. The van der Waals surface area contributed by atoms with Crippen LogP contribution in [-0.2, 0) is 6.61 Å². The molecule has 2 rings (SSSR count). The third kappa shape index (κ3) is 3.92. The standard InChI is InChI=1S/C16H21N5O3/c1-3-23-15-7-4-6-13(21(18)16(22)20-17)12(15)10-24-14-8-5-9-19-11(14)2/h4-9H,3,10,17-18H2,1-2H3,(H,20,22). The van der Waals surface area contributed by atoms with Crippen LogP contribution in [0.3, 0.4) is 0 Å². The Labute approximate surface area is 140 Å². The molecule has 2 aromatic rings. The van der Waals surface area contributed by atoms with Crippen LogP contribution in [0.5, 0.6) is 11.5 Å². The smallest absolute Gasteiger partial charge is 0.350 e. The van der Waals surface area contributed by atoms with Crippen LogP contribution < -0.4 is 31.6 Å². The van der Waals surface area contributed by atoms with Crippen molar-refractivity contribution in [3.05, 3.63) is 47.8 Å². The summed E-state index contributed by atoms with van der Waals surface area (Å²) < 4.78 is 11.4. The summed E-state index contributed by atoms with van der Waals surface area (Å²) in [5, 5.41) is 0.914. The Balaban J connectivity index is 2.34. The van der Waals surface area contributed by atoms with Crippen LogP contribution in [0.4, 0.5) is 10.5 Å². The van der Waals surface area contributed by atoms with Crippen molar-refractivity contribution in [3.63, 3.8) is 0 Å². The van der Waals surface area contributed by atoms with E-state index in [1.165, 1.54) is 0 Å². The van der Waals surface area contributed by atoms with E-state index in [1.54, 1.807) is 30.5 Å². The van der Waals surface area contributed by atoms with Gasteiger partial charge in [0, 0.05) is 6.20 Å². The second-order valence-corrected chi connectivity index (χ2v) is 4.88. The number of nitrogens with two attached hydrogens (primary N) is 2. The molecule has 0 spiro atoms. The van der Waals surface area contributed by atoms with E-state index in [4.69, 9.17) is 21.2 Å². The predicted molar refractivity (Wildman–Crippen MR) is 90.3 cm³/mol. The second-order valence-electron chi connectivity index (χ2n) is 4.88. The maximum Gasteiger partial charge on any atom is 0.350 e. The molecule has 1 heterocycles. The van der Waals surface area contributed by atoms with E-state index < -0.39 is 6.03 Å². The number of anilines is 1. The number of aryl methyl sites for hydroxylation is 1. The summed E-state index contributed by atoms with van der Waals surface area (Å²) in [6.45, 7) is 4.34. The fourth-order valence-electron chi connectivity index (χ4n) is 2.17. The van der Waals surface area contributed by atoms with E-state index in [1.807, 2.05) is 25.3 Å². The first-order chi connectivity index (χ1) is 11.6. The molecule has 8 heteroatoms. The monoisotopic (exact) mass is 331 g/mol. The number of hydrazine groups is 2. The zero-order valence-corrected chi connectivity index (χ0v) is 13.7. The van der Waals surface area contributed by atoms with Crippen molar-refractivity contribution < 1.29 is 14.3 Å². The first-order valence-electron chi connectivity index (χ1n) is 7.43. The highest BCUT2D eigenvalue weighted by atomic mass is 16.5. The van der Waals surface area contributed by atoms with E-state index >= 15 is 0 Å². The number of amides is 2. The number of aromatic nitrogens is 1. The summed E-state index contributed by atoms with van der Waals surface area (Å²) in [5.74, 6) is 12.2. The highest BCUT2D eigenvalue weighted by Crippen LogP contribution is 2.30. The van der Waals surface area contributed by atoms with E-state index in [0.29, 0.717) is 29.4 Å². The number of hydrogen-bond acceptors (Lipinski definition) is 6. The van der Waals surface area contributed by atoms with Crippen LogP contribution in [0.15, 0.2) is 36.5 Å². The summed E-state index contributed by atoms with van der Waals surface area (Å²) in [4.78, 5) is 15.9. The molecular weight excluding hydrogens is 310 g/mol. The third-order valence-electron chi connectivity index (χ3n) is 3.34. The fourth-order valence-corrected chi connectivity index (χ4v) is 2.17. The largest absolute Gasteiger partial charge is 0.493 e. The molecule has 24 heavy (non-hydrogen) atoms. The van der Waals surface area contributed by atoms with Gasteiger partial charge in [-0.3, -0.25) is 10.4 Å². The molecule has 0 bridgehead atoms. The molecule has 8 nitrogen and oxygen atoms in total. The average Bonchev–Trinajstić information content (AvgIpc) is 2.60. The first-order valence-corrected chi connectivity index (χ1v) is 7.43. The molecule has 0 aliphatic rings. The molecule has 0 fully saturated rings. The van der Waals surface area contributed by atoms with Crippen LogP contribution in [-0.4, -0.2) is 17.6 Å². The van der Waals surface area contributed by atoms with Crippen LogP contribution in [0.2, 0.25) is 0 Å². The highest BCUT2D eigenvalue weighted by molar-refractivity contribution is 5.91. The van der Waals surface area contributed by atoms with Crippen molar-refractivity contribution in [2.24, 2.45) is 11.7 Å². The minimum Gasteiger partial charge on any atom is -0.493 e. The Kier molecular flexibility index (Phi) is 5.94. The third-order valence-corrected chi connectivity index (χ3v) is 3.34. The topological polar surface area (TPSA) is 116 Å². The van der Waals surface area contributed by atoms with Crippen molar-refractivity contribution in [1.29, 1.82) is 0 Å². The van der Waals surface area contributed by atoms with Gasteiger partial charge in [0.2, 0.25) is 0 Å². The summed E-state index contributed by atoms with van der Waals surface area (Å²) in [7, 11) is 0. The van der Waals surface area contributed by atoms with Gasteiger partial charge in [0.15, 0.2) is 0 Å². The lowest BCUT2D eigenvalue weighted by molar-refractivity contribution is 0.246. The van der Waals surface area contributed by atoms with E-state index in [2.05, 4.69) is 4.98 Å². The van der Waals surface area contributed by atoms with Gasteiger partial charge >= 0.3 is 6.03 Å². The quantitative estimate of drug-likeness (QED) is 0.421. The predicted octanol–water partition coefficient (Wildman–Crippen LogP) is 1.63. The lowest BCUT2D eigenvalue weighted by Gasteiger charge is -2.22. The number of carbonyl (C=O) groups is 1. The Hall–Kier alpha value is -2.84. The minimum absolute atomic E-state index is 0.156. The fraction of sp³-hybridized carbons (Fsp3) is 0.250. The van der Waals surface area contributed by atoms with Gasteiger partial charge in [-0.25, -0.2) is 21.5 Å².